The van der Waals surface area contributed by atoms with Gasteiger partial charge in [-0.15, -0.1) is 0 Å². The van der Waals surface area contributed by atoms with Gasteiger partial charge in [0.25, 0.3) is 0 Å². The summed E-state index contributed by atoms with van der Waals surface area (Å²) < 4.78 is 0. The van der Waals surface area contributed by atoms with Crippen LogP contribution in [0.3, 0.4) is 0 Å². The molecule has 1 saturated carbocycles. The summed E-state index contributed by atoms with van der Waals surface area (Å²) in [4.78, 5) is 5.05. The smallest absolute Gasteiger partial charge is 0.0249 e. The van der Waals surface area contributed by atoms with Crippen LogP contribution in [0.2, 0.25) is 0 Å². The summed E-state index contributed by atoms with van der Waals surface area (Å²) in [6.07, 6.45) is 6.61. The molecule has 0 amide bonds. The molecule has 1 heterocycles. The van der Waals surface area contributed by atoms with Crippen molar-refractivity contribution in [1.82, 2.24) is 9.80 Å². The van der Waals surface area contributed by atoms with Gasteiger partial charge in [0.15, 0.2) is 0 Å². The number of likely N-dealkylation sites (tertiary alicyclic amines) is 1. The molecule has 1 aliphatic carbocycles. The highest BCUT2D eigenvalue weighted by Crippen LogP contribution is 2.33. The molecular formula is C17H35N3. The molecule has 2 aliphatic rings. The minimum Gasteiger partial charge on any atom is -0.326 e. The zero-order valence-electron chi connectivity index (χ0n) is 14.0. The average Bonchev–Trinajstić information content (AvgIpc) is 2.39. The third-order valence-electron chi connectivity index (χ3n) is 5.59. The predicted octanol–water partition coefficient (Wildman–Crippen LogP) is 2.41. The highest BCUT2D eigenvalue weighted by Gasteiger charge is 2.35. The molecule has 2 rings (SSSR count). The molecule has 2 fully saturated rings. The van der Waals surface area contributed by atoms with E-state index in [0.717, 1.165) is 17.8 Å². The van der Waals surface area contributed by atoms with Crippen molar-refractivity contribution in [2.75, 3.05) is 33.7 Å². The Balaban J connectivity index is 1.85. The summed E-state index contributed by atoms with van der Waals surface area (Å²) in [5, 5.41) is 0. The van der Waals surface area contributed by atoms with Gasteiger partial charge in [0.2, 0.25) is 0 Å². The first-order chi connectivity index (χ1) is 9.47. The first-order valence-electron chi connectivity index (χ1n) is 8.61. The molecular weight excluding hydrogens is 246 g/mol. The van der Waals surface area contributed by atoms with Gasteiger partial charge in [-0.3, -0.25) is 4.90 Å². The lowest BCUT2D eigenvalue weighted by Crippen LogP contribution is -2.54. The molecule has 0 bridgehead atoms. The van der Waals surface area contributed by atoms with E-state index in [4.69, 9.17) is 5.73 Å². The molecule has 3 nitrogen and oxygen atoms in total. The van der Waals surface area contributed by atoms with Crippen molar-refractivity contribution in [2.24, 2.45) is 23.5 Å². The topological polar surface area (TPSA) is 32.5 Å². The standard InChI is InChI=1S/C17H35N3/c1-13(2)15-5-6-16(18)17(11-15)20-9-7-14(8-10-20)12-19(3)4/h13-17H,5-12,18H2,1-4H3. The van der Waals surface area contributed by atoms with Crippen LogP contribution in [0.1, 0.15) is 46.0 Å². The molecule has 0 radical (unpaired) electrons. The Labute approximate surface area is 125 Å². The number of rotatable bonds is 4. The van der Waals surface area contributed by atoms with Gasteiger partial charge in [-0.25, -0.2) is 0 Å². The monoisotopic (exact) mass is 281 g/mol. The van der Waals surface area contributed by atoms with Crippen LogP contribution in [0.5, 0.6) is 0 Å². The van der Waals surface area contributed by atoms with Crippen molar-refractivity contribution < 1.29 is 0 Å². The SMILES string of the molecule is CC(C)C1CCC(N)C(N2CCC(CN(C)C)CC2)C1. The number of nitrogens with two attached hydrogens (primary N) is 1. The number of piperidine rings is 1. The first-order valence-corrected chi connectivity index (χ1v) is 8.61. The number of hydrogen-bond donors (Lipinski definition) is 1. The molecule has 20 heavy (non-hydrogen) atoms. The lowest BCUT2D eigenvalue weighted by atomic mass is 9.76. The van der Waals surface area contributed by atoms with Gasteiger partial charge in [-0.1, -0.05) is 13.8 Å². The third-order valence-corrected chi connectivity index (χ3v) is 5.59. The second kappa shape index (κ2) is 7.24. The lowest BCUT2D eigenvalue weighted by Gasteiger charge is -2.45. The third kappa shape index (κ3) is 4.19. The summed E-state index contributed by atoms with van der Waals surface area (Å²) in [5.41, 5.74) is 6.44. The molecule has 2 N–H and O–H groups in total. The molecule has 0 aromatic rings. The van der Waals surface area contributed by atoms with Gasteiger partial charge in [0.1, 0.15) is 0 Å². The Morgan fingerprint density at radius 1 is 1.10 bits per heavy atom. The van der Waals surface area contributed by atoms with Crippen LogP contribution in [0, 0.1) is 17.8 Å². The van der Waals surface area contributed by atoms with E-state index < -0.39 is 0 Å². The van der Waals surface area contributed by atoms with Gasteiger partial charge in [0.05, 0.1) is 0 Å². The van der Waals surface area contributed by atoms with Crippen molar-refractivity contribution >= 4 is 0 Å². The van der Waals surface area contributed by atoms with Crippen molar-refractivity contribution in [3.8, 4) is 0 Å². The highest BCUT2D eigenvalue weighted by molar-refractivity contribution is 4.91. The van der Waals surface area contributed by atoms with E-state index in [9.17, 15) is 0 Å². The zero-order chi connectivity index (χ0) is 14.7. The van der Waals surface area contributed by atoms with E-state index in [2.05, 4.69) is 37.7 Å². The second-order valence-electron chi connectivity index (χ2n) is 7.79. The highest BCUT2D eigenvalue weighted by atomic mass is 15.2. The minimum atomic E-state index is 0.412. The van der Waals surface area contributed by atoms with E-state index >= 15 is 0 Å². The Kier molecular flexibility index (Phi) is 5.88. The number of hydrogen-bond acceptors (Lipinski definition) is 3. The predicted molar refractivity (Wildman–Crippen MR) is 86.8 cm³/mol. The molecule has 1 aliphatic heterocycles. The Morgan fingerprint density at radius 3 is 2.30 bits per heavy atom. The second-order valence-corrected chi connectivity index (χ2v) is 7.79. The molecule has 1 saturated heterocycles. The lowest BCUT2D eigenvalue weighted by molar-refractivity contribution is 0.0616. The fourth-order valence-electron chi connectivity index (χ4n) is 4.21. The zero-order valence-corrected chi connectivity index (χ0v) is 14.0. The van der Waals surface area contributed by atoms with Crippen LogP contribution in [0.4, 0.5) is 0 Å². The van der Waals surface area contributed by atoms with Gasteiger partial charge in [-0.05, 0) is 77.0 Å². The fourth-order valence-corrected chi connectivity index (χ4v) is 4.21. The summed E-state index contributed by atoms with van der Waals surface area (Å²) in [7, 11) is 4.38. The van der Waals surface area contributed by atoms with Crippen LogP contribution >= 0.6 is 0 Å². The summed E-state index contributed by atoms with van der Waals surface area (Å²) >= 11 is 0. The summed E-state index contributed by atoms with van der Waals surface area (Å²) in [6, 6.07) is 1.06. The number of nitrogens with zero attached hydrogens (tertiary/aromatic N) is 2. The van der Waals surface area contributed by atoms with Crippen LogP contribution in [0.15, 0.2) is 0 Å². The van der Waals surface area contributed by atoms with Crippen LogP contribution in [0.25, 0.3) is 0 Å². The minimum absolute atomic E-state index is 0.412. The normalized spacial score (nSPS) is 34.0. The Morgan fingerprint density at radius 2 is 1.75 bits per heavy atom. The van der Waals surface area contributed by atoms with Crippen molar-refractivity contribution in [2.45, 2.75) is 58.0 Å². The van der Waals surface area contributed by atoms with Gasteiger partial charge < -0.3 is 10.6 Å². The molecule has 0 aromatic carbocycles. The molecule has 3 atom stereocenters. The van der Waals surface area contributed by atoms with Crippen LogP contribution in [-0.4, -0.2) is 55.6 Å². The van der Waals surface area contributed by atoms with Gasteiger partial charge in [-0.2, -0.15) is 0 Å². The largest absolute Gasteiger partial charge is 0.326 e. The Bertz CT molecular complexity index is 282. The molecule has 0 spiro atoms. The first kappa shape index (κ1) is 16.3. The maximum atomic E-state index is 6.44. The van der Waals surface area contributed by atoms with Crippen molar-refractivity contribution in [3.05, 3.63) is 0 Å². The summed E-state index contributed by atoms with van der Waals surface area (Å²) in [6.45, 7) is 8.53. The molecule has 3 heteroatoms. The summed E-state index contributed by atoms with van der Waals surface area (Å²) in [5.74, 6) is 2.59. The van der Waals surface area contributed by atoms with Crippen molar-refractivity contribution in [1.29, 1.82) is 0 Å². The van der Waals surface area contributed by atoms with E-state index in [-0.39, 0.29) is 0 Å². The van der Waals surface area contributed by atoms with E-state index in [1.165, 1.54) is 51.7 Å². The average molecular weight is 281 g/mol. The van der Waals surface area contributed by atoms with E-state index in [1.807, 2.05) is 0 Å². The van der Waals surface area contributed by atoms with E-state index in [0.29, 0.717) is 12.1 Å². The van der Waals surface area contributed by atoms with Crippen molar-refractivity contribution in [3.63, 3.8) is 0 Å². The van der Waals surface area contributed by atoms with Gasteiger partial charge in [0, 0.05) is 18.6 Å². The maximum absolute atomic E-state index is 6.44. The van der Waals surface area contributed by atoms with E-state index in [1.54, 1.807) is 0 Å². The quantitative estimate of drug-likeness (QED) is 0.859. The molecule has 118 valence electrons. The molecule has 0 aromatic heterocycles. The fraction of sp³-hybridized carbons (Fsp3) is 1.00. The Hall–Kier alpha value is -0.120. The molecule has 3 unspecified atom stereocenters. The maximum Gasteiger partial charge on any atom is 0.0249 e. The van der Waals surface area contributed by atoms with Crippen LogP contribution in [-0.2, 0) is 0 Å². The van der Waals surface area contributed by atoms with Crippen LogP contribution < -0.4 is 5.73 Å². The van der Waals surface area contributed by atoms with Gasteiger partial charge >= 0.3 is 0 Å².